The summed E-state index contributed by atoms with van der Waals surface area (Å²) in [5, 5.41) is 3.85. The van der Waals surface area contributed by atoms with Gasteiger partial charge in [-0.25, -0.2) is 0 Å². The highest BCUT2D eigenvalue weighted by atomic mass is 15.3. The van der Waals surface area contributed by atoms with Crippen LogP contribution in [0.5, 0.6) is 0 Å². The van der Waals surface area contributed by atoms with Crippen LogP contribution in [0.4, 0.5) is 0 Å². The van der Waals surface area contributed by atoms with Crippen molar-refractivity contribution in [2.75, 3.05) is 13.1 Å². The molecule has 0 bridgehead atoms. The molecule has 1 aliphatic carbocycles. The number of rotatable bonds is 4. The van der Waals surface area contributed by atoms with E-state index in [-0.39, 0.29) is 0 Å². The number of nitrogens with zero attached hydrogens (tertiary/aromatic N) is 1. The van der Waals surface area contributed by atoms with Gasteiger partial charge in [0.15, 0.2) is 0 Å². The Morgan fingerprint density at radius 3 is 2.62 bits per heavy atom. The molecule has 1 aromatic rings. The number of hydrogen-bond donors (Lipinski definition) is 1. The van der Waals surface area contributed by atoms with Gasteiger partial charge in [-0.2, -0.15) is 0 Å². The van der Waals surface area contributed by atoms with Crippen LogP contribution in [0.1, 0.15) is 57.4 Å². The number of benzene rings is 1. The van der Waals surface area contributed by atoms with Crippen LogP contribution in [0.15, 0.2) is 30.3 Å². The van der Waals surface area contributed by atoms with E-state index in [0.717, 1.165) is 6.54 Å². The molecule has 0 aromatic heterocycles. The smallest absolute Gasteiger partial charge is 0.0338 e. The molecule has 1 aromatic carbocycles. The van der Waals surface area contributed by atoms with Gasteiger partial charge in [-0.05, 0) is 24.8 Å². The van der Waals surface area contributed by atoms with Crippen molar-refractivity contribution < 1.29 is 0 Å². The molecular weight excluding hydrogens is 256 g/mol. The van der Waals surface area contributed by atoms with E-state index in [1.165, 1.54) is 63.6 Å². The first-order chi connectivity index (χ1) is 10.3. The van der Waals surface area contributed by atoms with Crippen molar-refractivity contribution in [2.24, 2.45) is 0 Å². The molecule has 3 rings (SSSR count). The van der Waals surface area contributed by atoms with Crippen LogP contribution in [0.25, 0.3) is 0 Å². The molecule has 2 aliphatic rings. The van der Waals surface area contributed by atoms with Crippen LogP contribution in [0, 0.1) is 0 Å². The SMILES string of the molecule is CCCC1CN(Cc2ccccc2)C2(CCCCC2)CN1. The first-order valence-corrected chi connectivity index (χ1v) is 8.85. The molecule has 1 unspecified atom stereocenters. The predicted octanol–water partition coefficient (Wildman–Crippen LogP) is 3.96. The maximum Gasteiger partial charge on any atom is 0.0338 e. The molecule has 0 amide bonds. The molecule has 1 atom stereocenters. The molecule has 1 saturated heterocycles. The Morgan fingerprint density at radius 2 is 1.90 bits per heavy atom. The summed E-state index contributed by atoms with van der Waals surface area (Å²) < 4.78 is 0. The van der Waals surface area contributed by atoms with E-state index in [4.69, 9.17) is 0 Å². The van der Waals surface area contributed by atoms with Gasteiger partial charge in [0.25, 0.3) is 0 Å². The molecule has 0 radical (unpaired) electrons. The Labute approximate surface area is 129 Å². The maximum absolute atomic E-state index is 3.85. The first-order valence-electron chi connectivity index (χ1n) is 8.85. The highest BCUT2D eigenvalue weighted by Gasteiger charge is 2.41. The first kappa shape index (κ1) is 15.1. The third kappa shape index (κ3) is 3.49. The molecule has 1 N–H and O–H groups in total. The second-order valence-electron chi connectivity index (χ2n) is 7.02. The zero-order valence-corrected chi connectivity index (χ0v) is 13.5. The molecule has 1 spiro atoms. The van der Waals surface area contributed by atoms with Gasteiger partial charge in [0.2, 0.25) is 0 Å². The van der Waals surface area contributed by atoms with E-state index in [1.807, 2.05) is 0 Å². The minimum Gasteiger partial charge on any atom is -0.311 e. The second-order valence-corrected chi connectivity index (χ2v) is 7.02. The Hall–Kier alpha value is -0.860. The standard InChI is InChI=1S/C19H30N2/c1-2-9-18-15-21(14-17-10-5-3-6-11-17)19(16-20-18)12-7-4-8-13-19/h3,5-6,10-11,18,20H,2,4,7-9,12-16H2,1H3. The lowest BCUT2D eigenvalue weighted by Gasteiger charge is -2.52. The van der Waals surface area contributed by atoms with Crippen LogP contribution in [-0.2, 0) is 6.54 Å². The molecule has 1 aliphatic heterocycles. The van der Waals surface area contributed by atoms with Gasteiger partial charge in [-0.3, -0.25) is 4.90 Å². The van der Waals surface area contributed by atoms with Crippen molar-refractivity contribution in [1.82, 2.24) is 10.2 Å². The third-order valence-corrected chi connectivity index (χ3v) is 5.47. The quantitative estimate of drug-likeness (QED) is 0.901. The molecular formula is C19H30N2. The monoisotopic (exact) mass is 286 g/mol. The summed E-state index contributed by atoms with van der Waals surface area (Å²) in [6, 6.07) is 11.7. The number of hydrogen-bond acceptors (Lipinski definition) is 2. The predicted molar refractivity (Wildman–Crippen MR) is 89.4 cm³/mol. The van der Waals surface area contributed by atoms with Gasteiger partial charge in [-0.1, -0.05) is 62.9 Å². The Morgan fingerprint density at radius 1 is 1.14 bits per heavy atom. The molecule has 2 heteroatoms. The normalized spacial score (nSPS) is 26.0. The van der Waals surface area contributed by atoms with Crippen molar-refractivity contribution in [3.8, 4) is 0 Å². The fourth-order valence-electron chi connectivity index (χ4n) is 4.25. The molecule has 1 saturated carbocycles. The average Bonchev–Trinajstić information content (AvgIpc) is 2.53. The van der Waals surface area contributed by atoms with E-state index in [9.17, 15) is 0 Å². The van der Waals surface area contributed by atoms with Crippen molar-refractivity contribution in [3.63, 3.8) is 0 Å². The Balaban J connectivity index is 1.75. The summed E-state index contributed by atoms with van der Waals surface area (Å²) >= 11 is 0. The van der Waals surface area contributed by atoms with Gasteiger partial charge in [0.05, 0.1) is 0 Å². The summed E-state index contributed by atoms with van der Waals surface area (Å²) in [7, 11) is 0. The van der Waals surface area contributed by atoms with Crippen LogP contribution in [0.2, 0.25) is 0 Å². The van der Waals surface area contributed by atoms with Crippen LogP contribution in [-0.4, -0.2) is 29.6 Å². The number of piperazine rings is 1. The zero-order valence-electron chi connectivity index (χ0n) is 13.5. The highest BCUT2D eigenvalue weighted by molar-refractivity contribution is 5.16. The van der Waals surface area contributed by atoms with Gasteiger partial charge in [-0.15, -0.1) is 0 Å². The van der Waals surface area contributed by atoms with Crippen molar-refractivity contribution in [2.45, 2.75) is 70.0 Å². The van der Waals surface area contributed by atoms with Gasteiger partial charge in [0, 0.05) is 31.2 Å². The van der Waals surface area contributed by atoms with Gasteiger partial charge in [0.1, 0.15) is 0 Å². The minimum atomic E-state index is 0.429. The van der Waals surface area contributed by atoms with Crippen molar-refractivity contribution >= 4 is 0 Å². The molecule has 116 valence electrons. The lowest BCUT2D eigenvalue weighted by atomic mass is 9.78. The minimum absolute atomic E-state index is 0.429. The van der Waals surface area contributed by atoms with Gasteiger partial charge < -0.3 is 5.32 Å². The zero-order chi connectivity index (χ0) is 14.5. The fourth-order valence-corrected chi connectivity index (χ4v) is 4.25. The highest BCUT2D eigenvalue weighted by Crippen LogP contribution is 2.36. The topological polar surface area (TPSA) is 15.3 Å². The van der Waals surface area contributed by atoms with E-state index >= 15 is 0 Å². The summed E-state index contributed by atoms with van der Waals surface area (Å²) in [6.45, 7) is 5.85. The lowest BCUT2D eigenvalue weighted by Crippen LogP contribution is -2.64. The van der Waals surface area contributed by atoms with E-state index in [2.05, 4.69) is 47.5 Å². The van der Waals surface area contributed by atoms with E-state index in [0.29, 0.717) is 11.6 Å². The molecule has 1 heterocycles. The fraction of sp³-hybridized carbons (Fsp3) is 0.684. The van der Waals surface area contributed by atoms with E-state index in [1.54, 1.807) is 0 Å². The maximum atomic E-state index is 3.85. The summed E-state index contributed by atoms with van der Waals surface area (Å²) in [5.74, 6) is 0. The lowest BCUT2D eigenvalue weighted by molar-refractivity contribution is 0.00188. The number of nitrogens with one attached hydrogen (secondary N) is 1. The van der Waals surface area contributed by atoms with Crippen molar-refractivity contribution in [3.05, 3.63) is 35.9 Å². The third-order valence-electron chi connectivity index (χ3n) is 5.47. The van der Waals surface area contributed by atoms with E-state index < -0.39 is 0 Å². The largest absolute Gasteiger partial charge is 0.311 e. The summed E-state index contributed by atoms with van der Waals surface area (Å²) in [4.78, 5) is 2.82. The molecule has 2 nitrogen and oxygen atoms in total. The van der Waals surface area contributed by atoms with Crippen LogP contribution >= 0.6 is 0 Å². The Kier molecular flexibility index (Phi) is 4.97. The average molecular weight is 286 g/mol. The van der Waals surface area contributed by atoms with Gasteiger partial charge >= 0.3 is 0 Å². The second kappa shape index (κ2) is 6.93. The molecule has 2 fully saturated rings. The molecule has 21 heavy (non-hydrogen) atoms. The Bertz CT molecular complexity index is 422. The van der Waals surface area contributed by atoms with Crippen LogP contribution in [0.3, 0.4) is 0 Å². The van der Waals surface area contributed by atoms with Crippen molar-refractivity contribution in [1.29, 1.82) is 0 Å². The summed E-state index contributed by atoms with van der Waals surface area (Å²) in [5.41, 5.74) is 1.90. The van der Waals surface area contributed by atoms with Crippen LogP contribution < -0.4 is 5.32 Å². The summed E-state index contributed by atoms with van der Waals surface area (Å²) in [6.07, 6.45) is 9.60.